The van der Waals surface area contributed by atoms with Gasteiger partial charge in [-0.2, -0.15) is 0 Å². The van der Waals surface area contributed by atoms with Crippen LogP contribution in [0.25, 0.3) is 10.9 Å². The number of carbonyl (C=O) groups is 3. The number of fused-ring (bicyclic) bond motifs is 6. The molecule has 0 unspecified atom stereocenters. The maximum atomic E-state index is 13.9. The van der Waals surface area contributed by atoms with Crippen molar-refractivity contribution >= 4 is 29.0 Å². The van der Waals surface area contributed by atoms with Gasteiger partial charge in [0.1, 0.15) is 36.1 Å². The fourth-order valence-corrected chi connectivity index (χ4v) is 8.87. The van der Waals surface area contributed by atoms with E-state index in [0.29, 0.717) is 36.4 Å². The van der Waals surface area contributed by atoms with Gasteiger partial charge >= 0.3 is 18.1 Å². The Kier molecular flexibility index (Phi) is 11.7. The largest absolute Gasteiger partial charge is 0.514 e. The molecule has 3 aliphatic rings. The number of aromatic nitrogens is 1. The van der Waals surface area contributed by atoms with Crippen molar-refractivity contribution in [1.29, 1.82) is 0 Å². The van der Waals surface area contributed by atoms with Crippen molar-refractivity contribution < 1.29 is 61.8 Å². The SMILES string of the molecule is COC(=O)[C@H]1[C@H]2C[C@@H]3c4[nH]c5cc(OC)ccc5c4CCN3C[C@H]2C[C@@H](OC(=O)c2cc(OC)c(OC(=O)OCc3cc(OC)cc(OC)c3)c(OC)c2)[C@@H]1OC. The number of nitrogens with one attached hydrogen (secondary N) is 1. The minimum absolute atomic E-state index is 0.0180. The highest BCUT2D eigenvalue weighted by Gasteiger charge is 2.54. The smallest absolute Gasteiger partial charge is 0.497 e. The number of esters is 2. The third kappa shape index (κ3) is 7.73. The molecule has 1 N–H and O–H groups in total. The third-order valence-corrected chi connectivity index (χ3v) is 11.5. The van der Waals surface area contributed by atoms with E-state index in [1.165, 1.54) is 65.7 Å². The van der Waals surface area contributed by atoms with E-state index in [1.807, 2.05) is 12.1 Å². The van der Waals surface area contributed by atoms with Crippen molar-refractivity contribution in [3.63, 3.8) is 0 Å². The Hall–Kier alpha value is -5.67. The van der Waals surface area contributed by atoms with Crippen LogP contribution < -0.4 is 28.4 Å². The first-order valence-corrected chi connectivity index (χ1v) is 18.7. The molecule has 0 radical (unpaired) electrons. The Morgan fingerprint density at radius 3 is 2.14 bits per heavy atom. The molecule has 4 aromatic rings. The molecular formula is C42H48N2O13. The van der Waals surface area contributed by atoms with Gasteiger partial charge in [-0.15, -0.1) is 0 Å². The van der Waals surface area contributed by atoms with Gasteiger partial charge in [0.05, 0.1) is 60.2 Å². The quantitative estimate of drug-likeness (QED) is 0.103. The molecule has 1 aromatic heterocycles. The summed E-state index contributed by atoms with van der Waals surface area (Å²) in [6, 6.07) is 14.0. The first kappa shape index (κ1) is 39.6. The lowest BCUT2D eigenvalue weighted by Gasteiger charge is -2.52. The van der Waals surface area contributed by atoms with E-state index in [0.717, 1.165) is 29.9 Å². The van der Waals surface area contributed by atoms with Crippen LogP contribution in [0.4, 0.5) is 4.79 Å². The van der Waals surface area contributed by atoms with Gasteiger partial charge in [-0.1, -0.05) is 0 Å². The summed E-state index contributed by atoms with van der Waals surface area (Å²) in [6.07, 6.45) is -0.523. The summed E-state index contributed by atoms with van der Waals surface area (Å²) in [6.45, 7) is 1.43. The summed E-state index contributed by atoms with van der Waals surface area (Å²) in [5.74, 6) is -0.0731. The monoisotopic (exact) mass is 788 g/mol. The molecule has 1 saturated heterocycles. The number of piperidine rings is 1. The molecular weight excluding hydrogens is 740 g/mol. The molecule has 3 aromatic carbocycles. The standard InChI is InChI=1S/C42H48N2O13/c1-48-25-8-9-28-29-10-11-44-20-24-16-35(39(53-6)36(41(46)54-7)30(24)19-32(44)37(29)43-31(28)18-25)56-40(45)23-14-33(51-4)38(34(15-23)52-5)57-42(47)55-21-22-12-26(49-2)17-27(13-22)50-3/h8-9,12-15,17-18,24,30,32,35-36,39,43H,10-11,16,19-21H2,1-7H3/t24-,30+,32-,35-,36+,39+/m1/s1. The molecule has 15 heteroatoms. The zero-order valence-corrected chi connectivity index (χ0v) is 33.1. The molecule has 0 amide bonds. The van der Waals surface area contributed by atoms with E-state index in [9.17, 15) is 14.4 Å². The number of benzene rings is 3. The van der Waals surface area contributed by atoms with E-state index < -0.39 is 36.2 Å². The van der Waals surface area contributed by atoms with Gasteiger partial charge in [-0.3, -0.25) is 9.69 Å². The normalized spacial score (nSPS) is 22.6. The number of methoxy groups -OCH3 is 7. The van der Waals surface area contributed by atoms with Crippen LogP contribution in [0.3, 0.4) is 0 Å². The summed E-state index contributed by atoms with van der Waals surface area (Å²) in [7, 11) is 10.3. The van der Waals surface area contributed by atoms with Crippen molar-refractivity contribution in [3.05, 3.63) is 70.9 Å². The zero-order valence-electron chi connectivity index (χ0n) is 33.1. The minimum atomic E-state index is -1.04. The summed E-state index contributed by atoms with van der Waals surface area (Å²) in [5.41, 5.74) is 4.15. The second-order valence-electron chi connectivity index (χ2n) is 14.3. The highest BCUT2D eigenvalue weighted by atomic mass is 16.7. The Labute approximate surface area is 330 Å². The maximum absolute atomic E-state index is 13.9. The first-order valence-electron chi connectivity index (χ1n) is 18.7. The second kappa shape index (κ2) is 16.8. The molecule has 6 atom stereocenters. The Morgan fingerprint density at radius 2 is 1.51 bits per heavy atom. The van der Waals surface area contributed by atoms with Crippen molar-refractivity contribution in [2.45, 2.75) is 44.1 Å². The summed E-state index contributed by atoms with van der Waals surface area (Å²) in [5, 5.41) is 1.18. The van der Waals surface area contributed by atoms with Gasteiger partial charge in [0.25, 0.3) is 0 Å². The molecule has 1 saturated carbocycles. The Morgan fingerprint density at radius 1 is 0.807 bits per heavy atom. The molecule has 0 bridgehead atoms. The fourth-order valence-electron chi connectivity index (χ4n) is 8.87. The second-order valence-corrected chi connectivity index (χ2v) is 14.3. The van der Waals surface area contributed by atoms with E-state index in [-0.39, 0.29) is 47.3 Å². The lowest BCUT2D eigenvalue weighted by molar-refractivity contribution is -0.176. The summed E-state index contributed by atoms with van der Waals surface area (Å²) < 4.78 is 55.5. The number of H-pyrrole nitrogens is 1. The summed E-state index contributed by atoms with van der Waals surface area (Å²) >= 11 is 0. The van der Waals surface area contributed by atoms with Crippen LogP contribution in [0.5, 0.6) is 34.5 Å². The van der Waals surface area contributed by atoms with Crippen LogP contribution in [-0.2, 0) is 36.8 Å². The van der Waals surface area contributed by atoms with Crippen molar-refractivity contribution in [1.82, 2.24) is 9.88 Å². The first-order chi connectivity index (χ1) is 27.6. The van der Waals surface area contributed by atoms with Gasteiger partial charge in [-0.25, -0.2) is 9.59 Å². The third-order valence-electron chi connectivity index (χ3n) is 11.5. The Bertz CT molecular complexity index is 2080. The van der Waals surface area contributed by atoms with Crippen LogP contribution >= 0.6 is 0 Å². The number of hydrogen-bond acceptors (Lipinski definition) is 14. The summed E-state index contributed by atoms with van der Waals surface area (Å²) in [4.78, 5) is 46.5. The molecule has 304 valence electrons. The average molecular weight is 789 g/mol. The van der Waals surface area contributed by atoms with Crippen LogP contribution in [-0.4, -0.2) is 103 Å². The number of carbonyl (C=O) groups excluding carboxylic acids is 3. The average Bonchev–Trinajstić information content (AvgIpc) is 3.62. The van der Waals surface area contributed by atoms with Crippen LogP contribution in [0.2, 0.25) is 0 Å². The molecule has 0 spiro atoms. The van der Waals surface area contributed by atoms with Gasteiger partial charge in [-0.05, 0) is 78.6 Å². The topological polar surface area (TPSA) is 163 Å². The van der Waals surface area contributed by atoms with E-state index in [4.69, 9.17) is 47.4 Å². The molecule has 2 aliphatic heterocycles. The van der Waals surface area contributed by atoms with E-state index >= 15 is 0 Å². The number of ether oxygens (including phenoxy) is 10. The molecule has 15 nitrogen and oxygen atoms in total. The fraction of sp³-hybridized carbons (Fsp3) is 0.452. The number of aromatic amines is 1. The van der Waals surface area contributed by atoms with Crippen molar-refractivity contribution in [3.8, 4) is 34.5 Å². The molecule has 2 fully saturated rings. The molecule has 7 rings (SSSR count). The van der Waals surface area contributed by atoms with Crippen LogP contribution in [0.1, 0.15) is 46.1 Å². The molecule has 1 aliphatic carbocycles. The van der Waals surface area contributed by atoms with Crippen LogP contribution in [0, 0.1) is 17.8 Å². The highest BCUT2D eigenvalue weighted by molar-refractivity contribution is 5.92. The van der Waals surface area contributed by atoms with Gasteiger partial charge in [0.2, 0.25) is 5.75 Å². The van der Waals surface area contributed by atoms with Gasteiger partial charge in [0, 0.05) is 48.9 Å². The van der Waals surface area contributed by atoms with E-state index in [2.05, 4.69) is 16.0 Å². The number of hydrogen-bond donors (Lipinski definition) is 1. The molecule has 3 heterocycles. The number of rotatable bonds is 12. The Balaban J connectivity index is 1.08. The molecule has 57 heavy (non-hydrogen) atoms. The zero-order chi connectivity index (χ0) is 40.4. The lowest BCUT2D eigenvalue weighted by atomic mass is 9.63. The van der Waals surface area contributed by atoms with Crippen molar-refractivity contribution in [2.24, 2.45) is 17.8 Å². The highest BCUT2D eigenvalue weighted by Crippen LogP contribution is 2.51. The van der Waals surface area contributed by atoms with Crippen LogP contribution in [0.15, 0.2) is 48.5 Å². The van der Waals surface area contributed by atoms with E-state index in [1.54, 1.807) is 25.3 Å². The van der Waals surface area contributed by atoms with Crippen molar-refractivity contribution in [2.75, 3.05) is 62.9 Å². The minimum Gasteiger partial charge on any atom is -0.497 e. The predicted octanol–water partition coefficient (Wildman–Crippen LogP) is 5.90. The lowest BCUT2D eigenvalue weighted by Crippen LogP contribution is -2.58. The predicted molar refractivity (Wildman–Crippen MR) is 204 cm³/mol. The van der Waals surface area contributed by atoms with Gasteiger partial charge < -0.3 is 52.4 Å². The maximum Gasteiger partial charge on any atom is 0.514 e. The number of nitrogens with zero attached hydrogens (tertiary/aromatic N) is 1. The van der Waals surface area contributed by atoms with Gasteiger partial charge in [0.15, 0.2) is 11.5 Å².